The van der Waals surface area contributed by atoms with Crippen LogP contribution in [0.4, 0.5) is 0 Å². The SMILES string of the molecule is Cc1nn(C2CC2)cc1-n1cc(Cl)cc(CC(C)C)c1=O. The van der Waals surface area contributed by atoms with Gasteiger partial charge in [-0.2, -0.15) is 5.10 Å². The zero-order valence-corrected chi connectivity index (χ0v) is 13.4. The molecule has 21 heavy (non-hydrogen) atoms. The van der Waals surface area contributed by atoms with Crippen LogP contribution >= 0.6 is 11.6 Å². The first-order chi connectivity index (χ1) is 9.95. The molecule has 2 aromatic rings. The van der Waals surface area contributed by atoms with E-state index in [-0.39, 0.29) is 5.56 Å². The number of aromatic nitrogens is 3. The van der Waals surface area contributed by atoms with Crippen molar-refractivity contribution in [2.24, 2.45) is 5.92 Å². The fourth-order valence-electron chi connectivity index (χ4n) is 2.60. The molecule has 1 saturated carbocycles. The fourth-order valence-corrected chi connectivity index (χ4v) is 2.83. The largest absolute Gasteiger partial charge is 0.279 e. The molecule has 3 rings (SSSR count). The van der Waals surface area contributed by atoms with Crippen molar-refractivity contribution < 1.29 is 0 Å². The van der Waals surface area contributed by atoms with E-state index in [4.69, 9.17) is 11.6 Å². The Bertz CT molecular complexity index is 726. The van der Waals surface area contributed by atoms with Crippen molar-refractivity contribution >= 4 is 11.6 Å². The van der Waals surface area contributed by atoms with Gasteiger partial charge in [0.1, 0.15) is 0 Å². The molecule has 1 fully saturated rings. The van der Waals surface area contributed by atoms with Gasteiger partial charge in [0.05, 0.1) is 22.4 Å². The van der Waals surface area contributed by atoms with Crippen LogP contribution in [0.5, 0.6) is 0 Å². The van der Waals surface area contributed by atoms with Crippen LogP contribution in [0.1, 0.15) is 44.0 Å². The summed E-state index contributed by atoms with van der Waals surface area (Å²) in [5.41, 5.74) is 2.46. The van der Waals surface area contributed by atoms with Gasteiger partial charge in [0.25, 0.3) is 5.56 Å². The molecule has 2 heterocycles. The number of hydrogen-bond acceptors (Lipinski definition) is 2. The first-order valence-corrected chi connectivity index (χ1v) is 7.80. The quantitative estimate of drug-likeness (QED) is 0.867. The summed E-state index contributed by atoms with van der Waals surface area (Å²) in [6.07, 6.45) is 6.72. The molecule has 0 aliphatic heterocycles. The highest BCUT2D eigenvalue weighted by Crippen LogP contribution is 2.35. The van der Waals surface area contributed by atoms with Crippen LogP contribution in [-0.4, -0.2) is 14.3 Å². The molecule has 2 aromatic heterocycles. The van der Waals surface area contributed by atoms with Crippen molar-refractivity contribution in [1.82, 2.24) is 14.3 Å². The molecule has 5 heteroatoms. The Balaban J connectivity index is 2.09. The number of halogens is 1. The summed E-state index contributed by atoms with van der Waals surface area (Å²) in [5, 5.41) is 5.11. The van der Waals surface area contributed by atoms with Crippen LogP contribution in [0.25, 0.3) is 5.69 Å². The van der Waals surface area contributed by atoms with Gasteiger partial charge in [-0.15, -0.1) is 0 Å². The third kappa shape index (κ3) is 2.91. The van der Waals surface area contributed by atoms with Crippen LogP contribution < -0.4 is 5.56 Å². The van der Waals surface area contributed by atoms with Crippen molar-refractivity contribution in [1.29, 1.82) is 0 Å². The Morgan fingerprint density at radius 1 is 1.38 bits per heavy atom. The van der Waals surface area contributed by atoms with Crippen molar-refractivity contribution in [3.05, 3.63) is 45.1 Å². The maximum atomic E-state index is 12.7. The predicted molar refractivity (Wildman–Crippen MR) is 84.4 cm³/mol. The summed E-state index contributed by atoms with van der Waals surface area (Å²) < 4.78 is 3.61. The molecular weight excluding hydrogens is 286 g/mol. The minimum atomic E-state index is 0.00606. The first kappa shape index (κ1) is 14.4. The molecule has 0 atom stereocenters. The summed E-state index contributed by atoms with van der Waals surface area (Å²) in [6.45, 7) is 6.13. The minimum Gasteiger partial charge on any atom is -0.279 e. The second-order valence-corrected chi connectivity index (χ2v) is 6.70. The molecule has 1 aliphatic carbocycles. The van der Waals surface area contributed by atoms with E-state index in [1.807, 2.05) is 17.8 Å². The number of pyridine rings is 1. The van der Waals surface area contributed by atoms with Gasteiger partial charge in [0, 0.05) is 18.0 Å². The Hall–Kier alpha value is -1.55. The Labute approximate surface area is 129 Å². The normalized spacial score (nSPS) is 14.9. The Kier molecular flexibility index (Phi) is 3.66. The molecule has 0 N–H and O–H groups in total. The van der Waals surface area contributed by atoms with Crippen molar-refractivity contribution in [2.45, 2.75) is 46.1 Å². The maximum Gasteiger partial charge on any atom is 0.258 e. The predicted octanol–water partition coefficient (Wildman–Crippen LogP) is 3.53. The second kappa shape index (κ2) is 5.34. The molecule has 112 valence electrons. The standard InChI is InChI=1S/C16H20ClN3O/c1-10(2)6-12-7-13(17)8-19(16(12)21)15-9-20(14-4-5-14)18-11(15)3/h7-10,14H,4-6H2,1-3H3. The molecule has 0 saturated heterocycles. The number of rotatable bonds is 4. The summed E-state index contributed by atoms with van der Waals surface area (Å²) >= 11 is 6.20. The maximum absolute atomic E-state index is 12.7. The molecule has 0 amide bonds. The lowest BCUT2D eigenvalue weighted by Crippen LogP contribution is -2.23. The van der Waals surface area contributed by atoms with Gasteiger partial charge in [0.15, 0.2) is 0 Å². The van der Waals surface area contributed by atoms with Crippen LogP contribution in [0.2, 0.25) is 5.02 Å². The highest BCUT2D eigenvalue weighted by molar-refractivity contribution is 6.30. The van der Waals surface area contributed by atoms with Crippen molar-refractivity contribution in [3.63, 3.8) is 0 Å². The lowest BCUT2D eigenvalue weighted by atomic mass is 10.0. The zero-order chi connectivity index (χ0) is 15.1. The van der Waals surface area contributed by atoms with E-state index in [0.29, 0.717) is 17.0 Å². The lowest BCUT2D eigenvalue weighted by Gasteiger charge is -2.10. The minimum absolute atomic E-state index is 0.00606. The third-order valence-electron chi connectivity index (χ3n) is 3.76. The highest BCUT2D eigenvalue weighted by atomic mass is 35.5. The Morgan fingerprint density at radius 2 is 2.10 bits per heavy atom. The van der Waals surface area contributed by atoms with Crippen LogP contribution in [0.3, 0.4) is 0 Å². The van der Waals surface area contributed by atoms with Gasteiger partial charge in [0.2, 0.25) is 0 Å². The topological polar surface area (TPSA) is 39.8 Å². The van der Waals surface area contributed by atoms with Crippen molar-refractivity contribution in [2.75, 3.05) is 0 Å². The van der Waals surface area contributed by atoms with E-state index >= 15 is 0 Å². The molecule has 1 aliphatic rings. The summed E-state index contributed by atoms with van der Waals surface area (Å²) in [5.74, 6) is 0.417. The van der Waals surface area contributed by atoms with Crippen LogP contribution in [0.15, 0.2) is 23.3 Å². The summed E-state index contributed by atoms with van der Waals surface area (Å²) in [7, 11) is 0. The highest BCUT2D eigenvalue weighted by Gasteiger charge is 2.25. The number of nitrogens with zero attached hydrogens (tertiary/aromatic N) is 3. The average molecular weight is 306 g/mol. The average Bonchev–Trinajstić information content (AvgIpc) is 3.17. The van der Waals surface area contributed by atoms with Gasteiger partial charge >= 0.3 is 0 Å². The monoisotopic (exact) mass is 305 g/mol. The molecule has 0 spiro atoms. The molecular formula is C16H20ClN3O. The van der Waals surface area contributed by atoms with Crippen molar-refractivity contribution in [3.8, 4) is 5.69 Å². The first-order valence-electron chi connectivity index (χ1n) is 7.43. The van der Waals surface area contributed by atoms with Gasteiger partial charge < -0.3 is 0 Å². The van der Waals surface area contributed by atoms with E-state index < -0.39 is 0 Å². The summed E-state index contributed by atoms with van der Waals surface area (Å²) in [6, 6.07) is 2.28. The summed E-state index contributed by atoms with van der Waals surface area (Å²) in [4.78, 5) is 12.7. The fraction of sp³-hybridized carbons (Fsp3) is 0.500. The Morgan fingerprint density at radius 3 is 2.71 bits per heavy atom. The molecule has 0 bridgehead atoms. The number of hydrogen-bond donors (Lipinski definition) is 0. The zero-order valence-electron chi connectivity index (χ0n) is 12.6. The van der Waals surface area contributed by atoms with E-state index in [1.165, 1.54) is 12.8 Å². The van der Waals surface area contributed by atoms with E-state index in [2.05, 4.69) is 18.9 Å². The number of aryl methyl sites for hydroxylation is 1. The van der Waals surface area contributed by atoms with E-state index in [1.54, 1.807) is 16.8 Å². The van der Waals surface area contributed by atoms with Gasteiger partial charge in [-0.1, -0.05) is 25.4 Å². The molecule has 0 unspecified atom stereocenters. The third-order valence-corrected chi connectivity index (χ3v) is 3.96. The van der Waals surface area contributed by atoms with Crippen LogP contribution in [0, 0.1) is 12.8 Å². The molecule has 0 aromatic carbocycles. The van der Waals surface area contributed by atoms with Gasteiger partial charge in [-0.05, 0) is 38.2 Å². The smallest absolute Gasteiger partial charge is 0.258 e. The second-order valence-electron chi connectivity index (χ2n) is 6.27. The van der Waals surface area contributed by atoms with Gasteiger partial charge in [-0.3, -0.25) is 14.0 Å². The molecule has 0 radical (unpaired) electrons. The molecule has 4 nitrogen and oxygen atoms in total. The van der Waals surface area contributed by atoms with E-state index in [0.717, 1.165) is 23.4 Å². The van der Waals surface area contributed by atoms with Crippen LogP contribution in [-0.2, 0) is 6.42 Å². The lowest BCUT2D eigenvalue weighted by molar-refractivity contribution is 0.635. The van der Waals surface area contributed by atoms with E-state index in [9.17, 15) is 4.79 Å². The van der Waals surface area contributed by atoms with Gasteiger partial charge in [-0.25, -0.2) is 0 Å².